The maximum absolute atomic E-state index is 12.1. The van der Waals surface area contributed by atoms with E-state index in [1.54, 1.807) is 0 Å². The normalized spacial score (nSPS) is 11.7. The Balaban J connectivity index is 3.29. The minimum atomic E-state index is -0.0271. The maximum Gasteiger partial charge on any atom is 0.220 e. The first-order valence-electron chi connectivity index (χ1n) is 23.0. The van der Waals surface area contributed by atoms with Gasteiger partial charge in [0.05, 0.1) is 0 Å². The van der Waals surface area contributed by atoms with Crippen LogP contribution in [0.5, 0.6) is 0 Å². The Kier molecular flexibility index (Phi) is 44.0. The molecule has 6 heteroatoms. The molecule has 2 amide bonds. The van der Waals surface area contributed by atoms with Gasteiger partial charge in [-0.05, 0) is 103 Å². The molecule has 0 bridgehead atoms. The molecule has 0 saturated heterocycles. The lowest BCUT2D eigenvalue weighted by Gasteiger charge is -2.08. The zero-order chi connectivity index (χ0) is 37.7. The second-order valence-corrected chi connectivity index (χ2v) is 15.3. The summed E-state index contributed by atoms with van der Waals surface area (Å²) in [6.07, 6.45) is 49.4. The molecule has 0 fully saturated rings. The van der Waals surface area contributed by atoms with Crippen LogP contribution in [0.2, 0.25) is 0 Å². The van der Waals surface area contributed by atoms with Gasteiger partial charge in [0.25, 0.3) is 0 Å². The zero-order valence-electron chi connectivity index (χ0n) is 35.0. The van der Waals surface area contributed by atoms with Crippen LogP contribution < -0.4 is 21.3 Å². The summed E-state index contributed by atoms with van der Waals surface area (Å²) in [5.41, 5.74) is 0. The smallest absolute Gasteiger partial charge is 0.220 e. The molecule has 52 heavy (non-hydrogen) atoms. The highest BCUT2D eigenvalue weighted by Crippen LogP contribution is 2.11. The van der Waals surface area contributed by atoms with Crippen molar-refractivity contribution in [3.8, 4) is 0 Å². The number of carbonyl (C=O) groups is 2. The van der Waals surface area contributed by atoms with E-state index in [0.717, 1.165) is 39.0 Å². The highest BCUT2D eigenvalue weighted by molar-refractivity contribution is 5.83. The second-order valence-electron chi connectivity index (χ2n) is 15.3. The van der Waals surface area contributed by atoms with E-state index in [1.165, 1.54) is 180 Å². The van der Waals surface area contributed by atoms with E-state index in [2.05, 4.69) is 59.4 Å². The van der Waals surface area contributed by atoms with Crippen LogP contribution >= 0.6 is 0 Å². The van der Waals surface area contributed by atoms with Gasteiger partial charge in [-0.2, -0.15) is 0 Å². The zero-order valence-corrected chi connectivity index (χ0v) is 35.0. The molecule has 0 aliphatic rings. The van der Waals surface area contributed by atoms with Gasteiger partial charge in [0.15, 0.2) is 0 Å². The highest BCUT2D eigenvalue weighted by atomic mass is 16.2. The summed E-state index contributed by atoms with van der Waals surface area (Å²) >= 11 is 0. The Bertz CT molecular complexity index is 720. The van der Waals surface area contributed by atoms with Crippen LogP contribution in [0.3, 0.4) is 0 Å². The summed E-state index contributed by atoms with van der Waals surface area (Å²) < 4.78 is 0. The number of nitrogens with one attached hydrogen (secondary N) is 4. The third-order valence-electron chi connectivity index (χ3n) is 10.0. The van der Waals surface area contributed by atoms with Gasteiger partial charge in [0.2, 0.25) is 11.8 Å². The van der Waals surface area contributed by atoms with Crippen molar-refractivity contribution in [3.05, 3.63) is 24.3 Å². The van der Waals surface area contributed by atoms with Crippen LogP contribution in [0.4, 0.5) is 0 Å². The lowest BCUT2D eigenvalue weighted by atomic mass is 10.1. The molecule has 4 N–H and O–H groups in total. The molecule has 0 aliphatic carbocycles. The van der Waals surface area contributed by atoms with Crippen LogP contribution in [-0.2, 0) is 9.59 Å². The number of rotatable bonds is 43. The molecule has 0 rings (SSSR count). The molecule has 0 aromatic rings. The Morgan fingerprint density at radius 3 is 0.923 bits per heavy atom. The van der Waals surface area contributed by atoms with Gasteiger partial charge >= 0.3 is 0 Å². The van der Waals surface area contributed by atoms with Crippen molar-refractivity contribution in [1.82, 2.24) is 21.3 Å². The Morgan fingerprint density at radius 1 is 0.327 bits per heavy atom. The van der Waals surface area contributed by atoms with Crippen LogP contribution in [-0.4, -0.2) is 51.1 Å². The average molecular weight is 731 g/mol. The fourth-order valence-electron chi connectivity index (χ4n) is 6.53. The lowest BCUT2D eigenvalue weighted by Crippen LogP contribution is -2.31. The second kappa shape index (κ2) is 45.5. The molecule has 0 atom stereocenters. The van der Waals surface area contributed by atoms with Crippen LogP contribution in [0.15, 0.2) is 24.3 Å². The van der Waals surface area contributed by atoms with E-state index in [-0.39, 0.29) is 24.7 Å². The molecule has 0 unspecified atom stereocenters. The predicted molar refractivity (Wildman–Crippen MR) is 229 cm³/mol. The van der Waals surface area contributed by atoms with Crippen molar-refractivity contribution in [2.24, 2.45) is 0 Å². The molecule has 0 spiro atoms. The summed E-state index contributed by atoms with van der Waals surface area (Å²) in [4.78, 5) is 24.2. The number of allylic oxidation sites excluding steroid dienone is 4. The third-order valence-corrected chi connectivity index (χ3v) is 10.0. The van der Waals surface area contributed by atoms with Crippen molar-refractivity contribution in [3.63, 3.8) is 0 Å². The Morgan fingerprint density at radius 2 is 0.596 bits per heavy atom. The average Bonchev–Trinajstić information content (AvgIpc) is 3.15. The first-order chi connectivity index (χ1) is 25.7. The van der Waals surface area contributed by atoms with E-state index >= 15 is 0 Å². The monoisotopic (exact) mass is 731 g/mol. The summed E-state index contributed by atoms with van der Waals surface area (Å²) in [7, 11) is 0. The quantitative estimate of drug-likeness (QED) is 0.0372. The minimum absolute atomic E-state index is 0.0271. The van der Waals surface area contributed by atoms with Gasteiger partial charge in [-0.3, -0.25) is 9.59 Å². The Labute approximate surface area is 324 Å². The molecular weight excluding hydrogens is 641 g/mol. The number of carbonyl (C=O) groups excluding carboxylic acids is 2. The highest BCUT2D eigenvalue weighted by Gasteiger charge is 2.06. The summed E-state index contributed by atoms with van der Waals surface area (Å²) in [5, 5.41) is 12.9. The summed E-state index contributed by atoms with van der Waals surface area (Å²) in [5.74, 6) is -0.0542. The molecule has 0 aliphatic heterocycles. The first-order valence-corrected chi connectivity index (χ1v) is 23.0. The van der Waals surface area contributed by atoms with E-state index in [4.69, 9.17) is 0 Å². The standard InChI is InChI=1S/C46H90N4O2/c1-3-5-7-9-11-13-15-17-19-21-23-25-27-29-31-33-39-47-41-35-43-49-45(51)37-38-46(52)50-44-36-42-48-40-34-32-30-28-26-24-22-20-18-16-14-12-10-8-6-4-2/h17-20,47-48H,3-16,21-44H2,1-2H3,(H,49,51)(H,50,52). The van der Waals surface area contributed by atoms with Crippen molar-refractivity contribution in [1.29, 1.82) is 0 Å². The van der Waals surface area contributed by atoms with Gasteiger partial charge in [-0.25, -0.2) is 0 Å². The summed E-state index contributed by atoms with van der Waals surface area (Å²) in [6.45, 7) is 9.87. The predicted octanol–water partition coefficient (Wildman–Crippen LogP) is 12.0. The van der Waals surface area contributed by atoms with Crippen molar-refractivity contribution < 1.29 is 9.59 Å². The van der Waals surface area contributed by atoms with Crippen molar-refractivity contribution >= 4 is 11.8 Å². The summed E-state index contributed by atoms with van der Waals surface area (Å²) in [6, 6.07) is 0. The molecule has 0 saturated carbocycles. The number of hydrogen-bond acceptors (Lipinski definition) is 4. The molecule has 0 aromatic carbocycles. The van der Waals surface area contributed by atoms with E-state index in [0.29, 0.717) is 13.1 Å². The largest absolute Gasteiger partial charge is 0.356 e. The van der Waals surface area contributed by atoms with Gasteiger partial charge in [-0.1, -0.05) is 154 Å². The lowest BCUT2D eigenvalue weighted by molar-refractivity contribution is -0.126. The van der Waals surface area contributed by atoms with Crippen LogP contribution in [0.1, 0.15) is 219 Å². The molecule has 0 radical (unpaired) electrons. The Hall–Kier alpha value is -1.66. The van der Waals surface area contributed by atoms with E-state index < -0.39 is 0 Å². The van der Waals surface area contributed by atoms with Crippen LogP contribution in [0, 0.1) is 0 Å². The fraction of sp³-hybridized carbons (Fsp3) is 0.870. The number of unbranched alkanes of at least 4 members (excludes halogenated alkanes) is 24. The molecule has 306 valence electrons. The van der Waals surface area contributed by atoms with Gasteiger partial charge < -0.3 is 21.3 Å². The first kappa shape index (κ1) is 50.3. The van der Waals surface area contributed by atoms with E-state index in [9.17, 15) is 9.59 Å². The van der Waals surface area contributed by atoms with Gasteiger partial charge in [0, 0.05) is 25.9 Å². The molecular formula is C46H90N4O2. The fourth-order valence-corrected chi connectivity index (χ4v) is 6.53. The number of hydrogen-bond donors (Lipinski definition) is 4. The molecule has 0 aromatic heterocycles. The van der Waals surface area contributed by atoms with E-state index in [1.807, 2.05) is 0 Å². The minimum Gasteiger partial charge on any atom is -0.356 e. The van der Waals surface area contributed by atoms with Gasteiger partial charge in [-0.15, -0.1) is 0 Å². The SMILES string of the molecule is CCCCCCCCC=CCCCCCCCCNCCCNC(=O)CCC(=O)NCCCNCCCCCCCCC=CCCCCCCCC. The van der Waals surface area contributed by atoms with Crippen molar-refractivity contribution in [2.45, 2.75) is 219 Å². The number of amides is 2. The maximum atomic E-state index is 12.1. The van der Waals surface area contributed by atoms with Gasteiger partial charge in [0.1, 0.15) is 0 Å². The third kappa shape index (κ3) is 44.5. The van der Waals surface area contributed by atoms with Crippen molar-refractivity contribution in [2.75, 3.05) is 39.3 Å². The molecule has 0 heterocycles. The molecule has 6 nitrogen and oxygen atoms in total. The van der Waals surface area contributed by atoms with Crippen LogP contribution in [0.25, 0.3) is 0 Å². The topological polar surface area (TPSA) is 82.3 Å².